The third-order valence-corrected chi connectivity index (χ3v) is 3.43. The van der Waals surface area contributed by atoms with E-state index in [1.54, 1.807) is 23.1 Å². The Balaban J connectivity index is 1.85. The normalized spacial score (nSPS) is 15.5. The zero-order valence-corrected chi connectivity index (χ0v) is 11.0. The van der Waals surface area contributed by atoms with Crippen molar-refractivity contribution in [3.63, 3.8) is 0 Å². The number of amides is 1. The van der Waals surface area contributed by atoms with Crippen molar-refractivity contribution in [2.75, 3.05) is 26.3 Å². The SMILES string of the molecule is O=C(Cc1n[nH]c2ccccc2c1=O)N1CCOCC1. The van der Waals surface area contributed by atoms with E-state index in [2.05, 4.69) is 10.2 Å². The number of nitrogens with zero attached hydrogens (tertiary/aromatic N) is 2. The van der Waals surface area contributed by atoms with Gasteiger partial charge < -0.3 is 9.64 Å². The summed E-state index contributed by atoms with van der Waals surface area (Å²) in [7, 11) is 0. The number of hydrogen-bond acceptors (Lipinski definition) is 4. The predicted molar refractivity (Wildman–Crippen MR) is 73.5 cm³/mol. The Bertz CT molecular complexity index is 689. The summed E-state index contributed by atoms with van der Waals surface area (Å²) in [6.07, 6.45) is 0.0279. The van der Waals surface area contributed by atoms with Gasteiger partial charge >= 0.3 is 0 Å². The number of carbonyl (C=O) groups is 1. The van der Waals surface area contributed by atoms with Crippen molar-refractivity contribution in [1.29, 1.82) is 0 Å². The van der Waals surface area contributed by atoms with Crippen LogP contribution in [0.3, 0.4) is 0 Å². The van der Waals surface area contributed by atoms with Gasteiger partial charge in [-0.25, -0.2) is 0 Å². The number of fused-ring (bicyclic) bond motifs is 1. The number of aromatic amines is 1. The van der Waals surface area contributed by atoms with Gasteiger partial charge in [0, 0.05) is 18.5 Å². The van der Waals surface area contributed by atoms with Crippen molar-refractivity contribution in [1.82, 2.24) is 15.1 Å². The van der Waals surface area contributed by atoms with Gasteiger partial charge in [-0.05, 0) is 12.1 Å². The Labute approximate surface area is 115 Å². The van der Waals surface area contributed by atoms with E-state index < -0.39 is 0 Å². The summed E-state index contributed by atoms with van der Waals surface area (Å²) in [4.78, 5) is 26.1. The van der Waals surface area contributed by atoms with Crippen molar-refractivity contribution in [2.24, 2.45) is 0 Å². The highest BCUT2D eigenvalue weighted by molar-refractivity contribution is 5.81. The summed E-state index contributed by atoms with van der Waals surface area (Å²) >= 11 is 0. The van der Waals surface area contributed by atoms with Crippen LogP contribution in [0.4, 0.5) is 0 Å². The van der Waals surface area contributed by atoms with Crippen LogP contribution in [0, 0.1) is 0 Å². The summed E-state index contributed by atoms with van der Waals surface area (Å²) in [6.45, 7) is 2.25. The molecule has 104 valence electrons. The third kappa shape index (κ3) is 2.42. The minimum Gasteiger partial charge on any atom is -0.378 e. The van der Waals surface area contributed by atoms with E-state index in [-0.39, 0.29) is 23.5 Å². The summed E-state index contributed by atoms with van der Waals surface area (Å²) in [5.74, 6) is -0.0819. The molecular weight excluding hydrogens is 258 g/mol. The van der Waals surface area contributed by atoms with Crippen LogP contribution in [0.25, 0.3) is 10.9 Å². The molecule has 1 aliphatic heterocycles. The molecule has 6 heteroatoms. The second-order valence-corrected chi connectivity index (χ2v) is 4.71. The van der Waals surface area contributed by atoms with Crippen molar-refractivity contribution in [3.8, 4) is 0 Å². The first kappa shape index (κ1) is 12.8. The fraction of sp³-hybridized carbons (Fsp3) is 0.357. The molecule has 0 unspecified atom stereocenters. The molecule has 0 radical (unpaired) electrons. The number of nitrogens with one attached hydrogen (secondary N) is 1. The van der Waals surface area contributed by atoms with Crippen molar-refractivity contribution < 1.29 is 9.53 Å². The Morgan fingerprint density at radius 3 is 2.85 bits per heavy atom. The fourth-order valence-electron chi connectivity index (χ4n) is 2.30. The molecule has 1 amide bonds. The maximum absolute atomic E-state index is 12.3. The van der Waals surface area contributed by atoms with Crippen LogP contribution in [-0.4, -0.2) is 47.3 Å². The van der Waals surface area contributed by atoms with Crippen LogP contribution in [0.15, 0.2) is 29.1 Å². The van der Waals surface area contributed by atoms with E-state index in [1.807, 2.05) is 6.07 Å². The Hall–Kier alpha value is -2.21. The lowest BCUT2D eigenvalue weighted by molar-refractivity contribution is -0.134. The zero-order valence-electron chi connectivity index (χ0n) is 11.0. The van der Waals surface area contributed by atoms with Gasteiger partial charge in [-0.3, -0.25) is 14.7 Å². The number of para-hydroxylation sites is 1. The molecule has 1 aromatic carbocycles. The average Bonchev–Trinajstić information content (AvgIpc) is 2.51. The van der Waals surface area contributed by atoms with E-state index in [0.717, 1.165) is 0 Å². The largest absolute Gasteiger partial charge is 0.378 e. The van der Waals surface area contributed by atoms with E-state index >= 15 is 0 Å². The highest BCUT2D eigenvalue weighted by Gasteiger charge is 2.19. The molecular formula is C14H15N3O3. The molecule has 1 aromatic heterocycles. The van der Waals surface area contributed by atoms with Gasteiger partial charge in [0.1, 0.15) is 5.69 Å². The maximum atomic E-state index is 12.3. The van der Waals surface area contributed by atoms with Crippen LogP contribution in [0.1, 0.15) is 5.69 Å². The smallest absolute Gasteiger partial charge is 0.228 e. The molecule has 3 rings (SSSR count). The molecule has 1 saturated heterocycles. The van der Waals surface area contributed by atoms with Gasteiger partial charge in [0.25, 0.3) is 0 Å². The third-order valence-electron chi connectivity index (χ3n) is 3.43. The second kappa shape index (κ2) is 5.42. The minimum atomic E-state index is -0.180. The lowest BCUT2D eigenvalue weighted by Crippen LogP contribution is -2.42. The highest BCUT2D eigenvalue weighted by Crippen LogP contribution is 2.06. The molecule has 1 fully saturated rings. The zero-order chi connectivity index (χ0) is 13.9. The Kier molecular flexibility index (Phi) is 3.47. The topological polar surface area (TPSA) is 75.3 Å². The number of aromatic nitrogens is 2. The predicted octanol–water partition coefficient (Wildman–Crippen LogP) is 0.324. The molecule has 0 saturated carbocycles. The van der Waals surface area contributed by atoms with Gasteiger partial charge in [0.2, 0.25) is 11.3 Å². The van der Waals surface area contributed by atoms with Gasteiger partial charge in [0.15, 0.2) is 0 Å². The van der Waals surface area contributed by atoms with Crippen molar-refractivity contribution in [2.45, 2.75) is 6.42 Å². The fourth-order valence-corrected chi connectivity index (χ4v) is 2.30. The Morgan fingerprint density at radius 2 is 2.05 bits per heavy atom. The number of morpholine rings is 1. The van der Waals surface area contributed by atoms with Gasteiger partial charge in [-0.15, -0.1) is 0 Å². The van der Waals surface area contributed by atoms with Crippen LogP contribution >= 0.6 is 0 Å². The lowest BCUT2D eigenvalue weighted by atomic mass is 10.1. The second-order valence-electron chi connectivity index (χ2n) is 4.71. The first-order chi connectivity index (χ1) is 9.75. The summed E-state index contributed by atoms with van der Waals surface area (Å²) in [6, 6.07) is 7.15. The number of benzene rings is 1. The summed E-state index contributed by atoms with van der Waals surface area (Å²) < 4.78 is 5.20. The van der Waals surface area contributed by atoms with Crippen LogP contribution in [0.2, 0.25) is 0 Å². The number of hydrogen-bond donors (Lipinski definition) is 1. The lowest BCUT2D eigenvalue weighted by Gasteiger charge is -2.26. The minimum absolute atomic E-state index is 0.0279. The molecule has 0 bridgehead atoms. The molecule has 0 spiro atoms. The standard InChI is InChI=1S/C14H15N3O3/c18-13(17-5-7-20-8-6-17)9-12-14(19)10-3-1-2-4-11(10)15-16-12/h1-4H,5-9H2,(H,15,19). The number of rotatable bonds is 2. The van der Waals surface area contributed by atoms with E-state index in [4.69, 9.17) is 4.74 Å². The van der Waals surface area contributed by atoms with E-state index in [9.17, 15) is 9.59 Å². The number of H-pyrrole nitrogens is 1. The molecule has 2 aromatic rings. The van der Waals surface area contributed by atoms with E-state index in [0.29, 0.717) is 37.2 Å². The summed E-state index contributed by atoms with van der Waals surface area (Å²) in [5.41, 5.74) is 0.765. The van der Waals surface area contributed by atoms with E-state index in [1.165, 1.54) is 0 Å². The van der Waals surface area contributed by atoms with Crippen LogP contribution in [0.5, 0.6) is 0 Å². The van der Waals surface area contributed by atoms with Crippen LogP contribution in [-0.2, 0) is 16.0 Å². The first-order valence-corrected chi connectivity index (χ1v) is 6.57. The number of ether oxygens (including phenoxy) is 1. The molecule has 1 aliphatic rings. The molecule has 20 heavy (non-hydrogen) atoms. The molecule has 0 atom stereocenters. The molecule has 1 N–H and O–H groups in total. The van der Waals surface area contributed by atoms with Gasteiger partial charge in [-0.2, -0.15) is 5.10 Å². The number of carbonyl (C=O) groups excluding carboxylic acids is 1. The van der Waals surface area contributed by atoms with Crippen LogP contribution < -0.4 is 5.43 Å². The Morgan fingerprint density at radius 1 is 1.30 bits per heavy atom. The molecule has 0 aliphatic carbocycles. The monoisotopic (exact) mass is 273 g/mol. The average molecular weight is 273 g/mol. The maximum Gasteiger partial charge on any atom is 0.228 e. The molecule has 6 nitrogen and oxygen atoms in total. The highest BCUT2D eigenvalue weighted by atomic mass is 16.5. The van der Waals surface area contributed by atoms with Gasteiger partial charge in [-0.1, -0.05) is 12.1 Å². The first-order valence-electron chi connectivity index (χ1n) is 6.57. The molecule has 2 heterocycles. The van der Waals surface area contributed by atoms with Crippen molar-refractivity contribution in [3.05, 3.63) is 40.2 Å². The quantitative estimate of drug-likeness (QED) is 0.855. The van der Waals surface area contributed by atoms with Crippen molar-refractivity contribution >= 4 is 16.8 Å². The van der Waals surface area contributed by atoms with Gasteiger partial charge in [0.05, 0.1) is 25.2 Å². The summed E-state index contributed by atoms with van der Waals surface area (Å²) in [5, 5.41) is 7.41.